The van der Waals surface area contributed by atoms with Crippen LogP contribution in [0.4, 0.5) is 4.39 Å². The smallest absolute Gasteiger partial charge is 0.253 e. The summed E-state index contributed by atoms with van der Waals surface area (Å²) in [5.41, 5.74) is 5.69. The normalized spacial score (nSPS) is 19.3. The quantitative estimate of drug-likeness (QED) is 0.790. The van der Waals surface area contributed by atoms with Crippen LogP contribution in [0, 0.1) is 11.7 Å². The maximum Gasteiger partial charge on any atom is 0.253 e. The van der Waals surface area contributed by atoms with Gasteiger partial charge < -0.3 is 15.4 Å². The lowest BCUT2D eigenvalue weighted by molar-refractivity contribution is -0.120. The molecule has 2 N–H and O–H groups in total. The van der Waals surface area contributed by atoms with Crippen LogP contribution >= 0.6 is 23.2 Å². The molecule has 1 aliphatic heterocycles. The van der Waals surface area contributed by atoms with Gasteiger partial charge in [0.1, 0.15) is 17.7 Å². The fraction of sp³-hybridized carbons (Fsp3) is 0.300. The molecule has 1 heterocycles. The first kappa shape index (κ1) is 20.4. The highest BCUT2D eigenvalue weighted by molar-refractivity contribution is 6.31. The van der Waals surface area contributed by atoms with Crippen molar-refractivity contribution in [1.82, 2.24) is 4.90 Å². The van der Waals surface area contributed by atoms with Gasteiger partial charge in [-0.2, -0.15) is 0 Å². The number of hydrogen-bond acceptors (Lipinski definition) is 3. The van der Waals surface area contributed by atoms with Gasteiger partial charge in [-0.05, 0) is 42.5 Å². The van der Waals surface area contributed by atoms with E-state index >= 15 is 0 Å². The Morgan fingerprint density at radius 2 is 1.89 bits per heavy atom. The third-order valence-corrected chi connectivity index (χ3v) is 5.22. The number of carbonyl (C=O) groups excluding carboxylic acids is 2. The molecule has 148 valence electrons. The van der Waals surface area contributed by atoms with Crippen LogP contribution in [-0.2, 0) is 4.79 Å². The van der Waals surface area contributed by atoms with Crippen LogP contribution in [0.25, 0.3) is 0 Å². The summed E-state index contributed by atoms with van der Waals surface area (Å²) in [6.45, 7) is 0.733. The third-order valence-electron chi connectivity index (χ3n) is 4.68. The first-order valence-electron chi connectivity index (χ1n) is 8.78. The average molecular weight is 425 g/mol. The van der Waals surface area contributed by atoms with Crippen LogP contribution in [0.3, 0.4) is 0 Å². The van der Waals surface area contributed by atoms with Gasteiger partial charge in [0.05, 0.1) is 5.02 Å². The Hall–Kier alpha value is -2.31. The predicted molar refractivity (Wildman–Crippen MR) is 105 cm³/mol. The second-order valence-electron chi connectivity index (χ2n) is 6.71. The van der Waals surface area contributed by atoms with Crippen molar-refractivity contribution >= 4 is 35.0 Å². The van der Waals surface area contributed by atoms with Crippen molar-refractivity contribution in [3.05, 3.63) is 63.9 Å². The Bertz CT molecular complexity index is 876. The molecule has 0 radical (unpaired) electrons. The van der Waals surface area contributed by atoms with E-state index in [9.17, 15) is 14.0 Å². The first-order chi connectivity index (χ1) is 13.3. The standard InChI is InChI=1S/C20H19Cl2FN2O3/c21-14-2-4-15(5-3-14)28-18-7-8-25(11-13(18)10-19(24)26)20(27)12-1-6-17(23)16(22)9-12/h1-6,9,13,18H,7-8,10-11H2,(H2,24,26)/t13-,18-/m0/s1. The SMILES string of the molecule is NC(=O)C[C@H]1CN(C(=O)c2ccc(F)c(Cl)c2)CC[C@@H]1Oc1ccc(Cl)cc1. The number of piperidine rings is 1. The molecule has 2 aromatic rings. The number of nitrogens with zero attached hydrogens (tertiary/aromatic N) is 1. The molecule has 0 aromatic heterocycles. The molecule has 1 aliphatic rings. The van der Waals surface area contributed by atoms with Crippen LogP contribution in [-0.4, -0.2) is 35.9 Å². The summed E-state index contributed by atoms with van der Waals surface area (Å²) in [4.78, 5) is 25.9. The van der Waals surface area contributed by atoms with Gasteiger partial charge in [-0.1, -0.05) is 23.2 Å². The van der Waals surface area contributed by atoms with E-state index < -0.39 is 11.7 Å². The first-order valence-corrected chi connectivity index (χ1v) is 9.54. The summed E-state index contributed by atoms with van der Waals surface area (Å²) in [6.07, 6.45) is 0.350. The van der Waals surface area contributed by atoms with E-state index in [1.54, 1.807) is 29.2 Å². The second-order valence-corrected chi connectivity index (χ2v) is 7.55. The Kier molecular flexibility index (Phi) is 6.42. The summed E-state index contributed by atoms with van der Waals surface area (Å²) in [5.74, 6) is -0.953. The van der Waals surface area contributed by atoms with Gasteiger partial charge >= 0.3 is 0 Å². The van der Waals surface area contributed by atoms with Crippen LogP contribution in [0.2, 0.25) is 10.0 Å². The topological polar surface area (TPSA) is 72.6 Å². The molecule has 0 unspecified atom stereocenters. The van der Waals surface area contributed by atoms with Crippen molar-refractivity contribution in [1.29, 1.82) is 0 Å². The molecule has 2 atom stereocenters. The number of amides is 2. The zero-order valence-corrected chi connectivity index (χ0v) is 16.4. The summed E-state index contributed by atoms with van der Waals surface area (Å²) in [5, 5.41) is 0.486. The molecule has 2 amide bonds. The third kappa shape index (κ3) is 4.94. The minimum atomic E-state index is -0.583. The van der Waals surface area contributed by atoms with Gasteiger partial charge in [-0.25, -0.2) is 4.39 Å². The van der Waals surface area contributed by atoms with Crippen LogP contribution in [0.15, 0.2) is 42.5 Å². The Balaban J connectivity index is 1.73. The Labute approximate surface area is 172 Å². The molecule has 5 nitrogen and oxygen atoms in total. The number of primary amides is 1. The second kappa shape index (κ2) is 8.80. The van der Waals surface area contributed by atoms with Gasteiger partial charge in [-0.3, -0.25) is 9.59 Å². The van der Waals surface area contributed by atoms with E-state index in [2.05, 4.69) is 0 Å². The van der Waals surface area contributed by atoms with Gasteiger partial charge in [0.2, 0.25) is 5.91 Å². The zero-order chi connectivity index (χ0) is 20.3. The van der Waals surface area contributed by atoms with Crippen LogP contribution in [0.1, 0.15) is 23.2 Å². The number of benzene rings is 2. The van der Waals surface area contributed by atoms with Crippen molar-refractivity contribution < 1.29 is 18.7 Å². The van der Waals surface area contributed by atoms with E-state index in [4.69, 9.17) is 33.7 Å². The maximum absolute atomic E-state index is 13.4. The lowest BCUT2D eigenvalue weighted by Gasteiger charge is -2.38. The Morgan fingerprint density at radius 3 is 2.54 bits per heavy atom. The van der Waals surface area contributed by atoms with Gasteiger partial charge in [0.25, 0.3) is 5.91 Å². The van der Waals surface area contributed by atoms with Crippen LogP contribution in [0.5, 0.6) is 5.75 Å². The monoisotopic (exact) mass is 424 g/mol. The fourth-order valence-electron chi connectivity index (χ4n) is 3.30. The van der Waals surface area contributed by atoms with E-state index in [-0.39, 0.29) is 29.4 Å². The molecule has 1 saturated heterocycles. The average Bonchev–Trinajstić information content (AvgIpc) is 2.66. The molecule has 1 fully saturated rings. The molecule has 8 heteroatoms. The van der Waals surface area contributed by atoms with Crippen molar-refractivity contribution in [2.24, 2.45) is 11.7 Å². The maximum atomic E-state index is 13.4. The molecule has 28 heavy (non-hydrogen) atoms. The molecule has 0 aliphatic carbocycles. The van der Waals surface area contributed by atoms with Gasteiger partial charge in [0, 0.05) is 42.4 Å². The highest BCUT2D eigenvalue weighted by atomic mass is 35.5. The van der Waals surface area contributed by atoms with Crippen molar-refractivity contribution in [2.75, 3.05) is 13.1 Å². The fourth-order valence-corrected chi connectivity index (χ4v) is 3.61. The van der Waals surface area contributed by atoms with Crippen molar-refractivity contribution in [3.8, 4) is 5.75 Å². The van der Waals surface area contributed by atoms with Gasteiger partial charge in [-0.15, -0.1) is 0 Å². The molecular weight excluding hydrogens is 406 g/mol. The molecule has 0 bridgehead atoms. The highest BCUT2D eigenvalue weighted by Crippen LogP contribution is 2.28. The summed E-state index contributed by atoms with van der Waals surface area (Å²) in [6, 6.07) is 10.8. The largest absolute Gasteiger partial charge is 0.490 e. The molecule has 2 aromatic carbocycles. The number of ether oxygens (including phenoxy) is 1. The number of halogens is 3. The summed E-state index contributed by atoms with van der Waals surface area (Å²) in [7, 11) is 0. The van der Waals surface area contributed by atoms with Crippen LogP contribution < -0.4 is 10.5 Å². The summed E-state index contributed by atoms with van der Waals surface area (Å²) < 4.78 is 19.4. The van der Waals surface area contributed by atoms with Crippen molar-refractivity contribution in [2.45, 2.75) is 18.9 Å². The van der Waals surface area contributed by atoms with Crippen molar-refractivity contribution in [3.63, 3.8) is 0 Å². The molecule has 3 rings (SSSR count). The number of likely N-dealkylation sites (tertiary alicyclic amines) is 1. The molecule has 0 spiro atoms. The Morgan fingerprint density at radius 1 is 1.18 bits per heavy atom. The van der Waals surface area contributed by atoms with E-state index in [1.807, 2.05) is 0 Å². The molecule has 0 saturated carbocycles. The number of carbonyl (C=O) groups is 2. The summed E-state index contributed by atoms with van der Waals surface area (Å²) >= 11 is 11.7. The zero-order valence-electron chi connectivity index (χ0n) is 14.9. The highest BCUT2D eigenvalue weighted by Gasteiger charge is 2.34. The minimum absolute atomic E-state index is 0.0895. The van der Waals surface area contributed by atoms with Gasteiger partial charge in [0.15, 0.2) is 0 Å². The van der Waals surface area contributed by atoms with E-state index in [0.29, 0.717) is 35.8 Å². The number of hydrogen-bond donors (Lipinski definition) is 1. The van der Waals surface area contributed by atoms with E-state index in [0.717, 1.165) is 6.07 Å². The molecular formula is C20H19Cl2FN2O3. The predicted octanol–water partition coefficient (Wildman–Crippen LogP) is 3.92. The lowest BCUT2D eigenvalue weighted by Crippen LogP contribution is -2.49. The lowest BCUT2D eigenvalue weighted by atomic mass is 9.90. The minimum Gasteiger partial charge on any atom is -0.490 e. The van der Waals surface area contributed by atoms with E-state index in [1.165, 1.54) is 12.1 Å². The number of nitrogens with two attached hydrogens (primary N) is 1. The number of rotatable bonds is 5.